The largest absolute Gasteiger partial charge is 1.00 e. The third kappa shape index (κ3) is 4.22. The van der Waals surface area contributed by atoms with Crippen molar-refractivity contribution in [1.29, 1.82) is 0 Å². The number of nitrogen functional groups attached to an aromatic ring is 1. The Morgan fingerprint density at radius 3 is 2.72 bits per heavy atom. The number of halogens is 1. The molecule has 12 nitrogen and oxygen atoms in total. The second kappa shape index (κ2) is 7.82. The summed E-state index contributed by atoms with van der Waals surface area (Å²) in [5, 5.41) is 20.2. The van der Waals surface area contributed by atoms with Crippen molar-refractivity contribution in [3.8, 4) is 0 Å². The van der Waals surface area contributed by atoms with E-state index in [1.807, 2.05) is 0 Å². The van der Waals surface area contributed by atoms with E-state index in [1.165, 1.54) is 10.9 Å². The molecule has 3 heterocycles. The number of rotatable bonds is 4. The van der Waals surface area contributed by atoms with E-state index in [9.17, 15) is 14.8 Å². The smallest absolute Gasteiger partial charge is 1.00 e. The average molecular weight is 450 g/mol. The summed E-state index contributed by atoms with van der Waals surface area (Å²) >= 11 is 3.19. The number of hydrogen-bond donors (Lipinski definition) is 5. The van der Waals surface area contributed by atoms with Crippen molar-refractivity contribution in [2.45, 2.75) is 24.5 Å². The summed E-state index contributed by atoms with van der Waals surface area (Å²) in [5.74, 6) is 0.119. The number of fused-ring (bicyclic) bond motifs is 1. The molecule has 0 spiro atoms. The zero-order valence-electron chi connectivity index (χ0n) is 13.8. The average Bonchev–Trinajstić information content (AvgIpc) is 2.96. The van der Waals surface area contributed by atoms with E-state index < -0.39 is 39.0 Å². The SMILES string of the molecule is Nc1ncnc2c1nc(Br)n2[C@@H]1O[C@H](COP(=O)(O)O)[C@@H](O)[C@H]1O.[H-].[Na+]. The first-order valence-corrected chi connectivity index (χ1v) is 8.87. The van der Waals surface area contributed by atoms with E-state index in [2.05, 4.69) is 35.4 Å². The van der Waals surface area contributed by atoms with Crippen LogP contribution in [0.1, 0.15) is 7.65 Å². The van der Waals surface area contributed by atoms with E-state index >= 15 is 0 Å². The number of hydrogen-bond acceptors (Lipinski definition) is 9. The number of aliphatic hydroxyl groups is 2. The fourth-order valence-corrected chi connectivity index (χ4v) is 3.26. The minimum atomic E-state index is -4.74. The van der Waals surface area contributed by atoms with E-state index in [0.717, 1.165) is 0 Å². The number of ether oxygens (including phenoxy) is 1. The standard InChI is InChI=1S/C10H13BrN5O7P.Na.H/c11-10-15-4-7(12)13-2-14-8(4)16(10)9-6(18)5(17)3(23-9)1-22-24(19,20)21;;/h2-3,5-6,9,17-18H,1H2,(H2,12,13,14)(H2,19,20,21);;/q;+1;-1/t3-,5-,6-,9-;;/m1../s1. The van der Waals surface area contributed by atoms with Crippen LogP contribution in [0.5, 0.6) is 0 Å². The van der Waals surface area contributed by atoms with Crippen LogP contribution in [-0.2, 0) is 13.8 Å². The number of phosphoric ester groups is 1. The summed E-state index contributed by atoms with van der Waals surface area (Å²) in [6.07, 6.45) is -3.94. The topological polar surface area (TPSA) is 186 Å². The van der Waals surface area contributed by atoms with Gasteiger partial charge in [-0.1, -0.05) is 0 Å². The molecular weight excluding hydrogens is 436 g/mol. The number of aliphatic hydroxyl groups excluding tert-OH is 2. The zero-order chi connectivity index (χ0) is 17.6. The van der Waals surface area contributed by atoms with E-state index in [0.29, 0.717) is 0 Å². The molecule has 0 aliphatic carbocycles. The first-order valence-electron chi connectivity index (χ1n) is 6.54. The van der Waals surface area contributed by atoms with Crippen molar-refractivity contribution in [2.24, 2.45) is 0 Å². The van der Waals surface area contributed by atoms with Crippen molar-refractivity contribution in [1.82, 2.24) is 19.5 Å². The second-order valence-corrected chi connectivity index (χ2v) is 6.96. The first-order chi connectivity index (χ1) is 11.2. The summed E-state index contributed by atoms with van der Waals surface area (Å²) < 4.78 is 22.1. The fourth-order valence-electron chi connectivity index (χ4n) is 2.38. The van der Waals surface area contributed by atoms with Gasteiger partial charge in [-0.15, -0.1) is 0 Å². The van der Waals surface area contributed by atoms with Gasteiger partial charge in [0.25, 0.3) is 0 Å². The van der Waals surface area contributed by atoms with Gasteiger partial charge in [-0.3, -0.25) is 9.09 Å². The van der Waals surface area contributed by atoms with Crippen LogP contribution >= 0.6 is 23.8 Å². The summed E-state index contributed by atoms with van der Waals surface area (Å²) in [7, 11) is -4.74. The maximum absolute atomic E-state index is 10.8. The molecule has 25 heavy (non-hydrogen) atoms. The molecule has 1 saturated heterocycles. The van der Waals surface area contributed by atoms with Gasteiger partial charge in [0.1, 0.15) is 24.6 Å². The molecule has 0 saturated carbocycles. The molecule has 1 fully saturated rings. The summed E-state index contributed by atoms with van der Waals surface area (Å²) in [5.41, 5.74) is 6.23. The zero-order valence-corrected chi connectivity index (χ0v) is 17.3. The Morgan fingerprint density at radius 1 is 1.40 bits per heavy atom. The van der Waals surface area contributed by atoms with Gasteiger partial charge < -0.3 is 31.9 Å². The number of nitrogens with zero attached hydrogens (tertiary/aromatic N) is 4. The van der Waals surface area contributed by atoms with Gasteiger partial charge in [-0.05, 0) is 15.9 Å². The maximum atomic E-state index is 10.8. The fraction of sp³-hybridized carbons (Fsp3) is 0.500. The van der Waals surface area contributed by atoms with Gasteiger partial charge in [0, 0.05) is 0 Å². The van der Waals surface area contributed by atoms with Crippen LogP contribution in [0.25, 0.3) is 11.2 Å². The summed E-state index contributed by atoms with van der Waals surface area (Å²) in [6.45, 7) is -0.611. The molecular formula is C10H14BrN5NaO7P. The van der Waals surface area contributed by atoms with Crippen molar-refractivity contribution >= 4 is 40.7 Å². The Bertz CT molecular complexity index is 824. The van der Waals surface area contributed by atoms with Crippen LogP contribution in [0.15, 0.2) is 11.1 Å². The van der Waals surface area contributed by atoms with Crippen molar-refractivity contribution < 1.29 is 64.8 Å². The van der Waals surface area contributed by atoms with E-state index in [4.69, 9.17) is 20.3 Å². The van der Waals surface area contributed by atoms with E-state index in [1.54, 1.807) is 0 Å². The molecule has 15 heteroatoms. The van der Waals surface area contributed by atoms with Gasteiger partial charge in [-0.2, -0.15) is 0 Å². The Balaban J connectivity index is 0.00000169. The molecule has 2 aromatic rings. The van der Waals surface area contributed by atoms with Gasteiger partial charge >= 0.3 is 37.4 Å². The van der Waals surface area contributed by atoms with E-state index in [-0.39, 0.29) is 52.7 Å². The van der Waals surface area contributed by atoms with Crippen LogP contribution in [0.4, 0.5) is 5.82 Å². The number of imidazole rings is 1. The normalized spacial score (nSPS) is 26.8. The quantitative estimate of drug-likeness (QED) is 0.174. The van der Waals surface area contributed by atoms with Gasteiger partial charge in [0.15, 0.2) is 27.9 Å². The van der Waals surface area contributed by atoms with Crippen molar-refractivity contribution in [2.75, 3.05) is 12.3 Å². The molecule has 4 atom stereocenters. The first kappa shape index (κ1) is 21.1. The molecule has 6 N–H and O–H groups in total. The van der Waals surface area contributed by atoms with Crippen molar-refractivity contribution in [3.05, 3.63) is 11.1 Å². The molecule has 134 valence electrons. The second-order valence-electron chi connectivity index (χ2n) is 5.01. The minimum Gasteiger partial charge on any atom is -1.00 e. The predicted molar refractivity (Wildman–Crippen MR) is 82.5 cm³/mol. The van der Waals surface area contributed by atoms with Crippen LogP contribution in [0.2, 0.25) is 0 Å². The molecule has 3 rings (SSSR count). The van der Waals surface area contributed by atoms with Crippen molar-refractivity contribution in [3.63, 3.8) is 0 Å². The Labute approximate surface area is 172 Å². The Hall–Kier alpha value is -0.180. The van der Waals surface area contributed by atoms with Crippen LogP contribution < -0.4 is 35.3 Å². The minimum absolute atomic E-state index is 0. The predicted octanol–water partition coefficient (Wildman–Crippen LogP) is -3.98. The third-order valence-electron chi connectivity index (χ3n) is 3.46. The summed E-state index contributed by atoms with van der Waals surface area (Å²) in [6, 6.07) is 0. The molecule has 0 radical (unpaired) electrons. The number of anilines is 1. The molecule has 1 aliphatic rings. The Morgan fingerprint density at radius 2 is 2.08 bits per heavy atom. The molecule has 0 aromatic carbocycles. The number of nitrogens with two attached hydrogens (primary N) is 1. The maximum Gasteiger partial charge on any atom is 1.00 e. The molecule has 0 unspecified atom stereocenters. The molecule has 1 aliphatic heterocycles. The molecule has 0 bridgehead atoms. The molecule has 2 aromatic heterocycles. The third-order valence-corrected chi connectivity index (χ3v) is 4.51. The number of phosphoric acid groups is 1. The Kier molecular flexibility index (Phi) is 6.61. The summed E-state index contributed by atoms with van der Waals surface area (Å²) in [4.78, 5) is 29.4. The molecule has 0 amide bonds. The van der Waals surface area contributed by atoms with Crippen LogP contribution in [0.3, 0.4) is 0 Å². The van der Waals surface area contributed by atoms with Gasteiger partial charge in [0.05, 0.1) is 6.61 Å². The van der Waals surface area contributed by atoms with Crippen LogP contribution in [-0.4, -0.2) is 64.4 Å². The van der Waals surface area contributed by atoms with Gasteiger partial charge in [-0.25, -0.2) is 19.5 Å². The van der Waals surface area contributed by atoms with Gasteiger partial charge in [0.2, 0.25) is 0 Å². The number of aromatic nitrogens is 4. The monoisotopic (exact) mass is 449 g/mol. The van der Waals surface area contributed by atoms with Crippen LogP contribution in [0, 0.1) is 0 Å².